The van der Waals surface area contributed by atoms with Gasteiger partial charge in [-0.15, -0.1) is 11.8 Å². The summed E-state index contributed by atoms with van der Waals surface area (Å²) >= 11 is 1.69. The van der Waals surface area contributed by atoms with Crippen LogP contribution in [-0.2, 0) is 4.79 Å². The number of primary amides is 1. The fourth-order valence-electron chi connectivity index (χ4n) is 2.62. The quantitative estimate of drug-likeness (QED) is 0.871. The van der Waals surface area contributed by atoms with Gasteiger partial charge in [-0.3, -0.25) is 4.79 Å². The third-order valence-corrected chi connectivity index (χ3v) is 4.85. The molecule has 0 radical (unpaired) electrons. The van der Waals surface area contributed by atoms with E-state index < -0.39 is 5.54 Å². The summed E-state index contributed by atoms with van der Waals surface area (Å²) in [5.41, 5.74) is 4.97. The maximum atomic E-state index is 12.8. The Bertz CT molecular complexity index is 451. The van der Waals surface area contributed by atoms with Crippen LogP contribution in [0.15, 0.2) is 29.2 Å². The van der Waals surface area contributed by atoms with E-state index in [9.17, 15) is 9.18 Å². The minimum atomic E-state index is -0.563. The van der Waals surface area contributed by atoms with Crippen LogP contribution >= 0.6 is 11.8 Å². The van der Waals surface area contributed by atoms with E-state index >= 15 is 0 Å². The molecule has 1 aromatic rings. The second-order valence-electron chi connectivity index (χ2n) is 4.91. The predicted octanol–water partition coefficient (Wildman–Crippen LogP) is 2.30. The lowest BCUT2D eigenvalue weighted by atomic mass is 9.97. The van der Waals surface area contributed by atoms with Crippen molar-refractivity contribution < 1.29 is 9.18 Å². The molecule has 1 aliphatic rings. The van der Waals surface area contributed by atoms with Crippen molar-refractivity contribution >= 4 is 17.7 Å². The van der Waals surface area contributed by atoms with Gasteiger partial charge < -0.3 is 11.1 Å². The van der Waals surface area contributed by atoms with Crippen LogP contribution in [-0.4, -0.2) is 23.2 Å². The monoisotopic (exact) mass is 282 g/mol. The minimum absolute atomic E-state index is 0.227. The molecule has 0 spiro atoms. The first kappa shape index (κ1) is 14.3. The zero-order valence-electron chi connectivity index (χ0n) is 11.0. The normalized spacial score (nSPS) is 26.5. The first-order chi connectivity index (χ1) is 9.05. The SMILES string of the molecule is CCNC1(C(N)=O)CCC(Sc2ccc(F)cc2)C1. The number of nitrogens with two attached hydrogens (primary N) is 1. The smallest absolute Gasteiger partial charge is 0.237 e. The Morgan fingerprint density at radius 2 is 2.21 bits per heavy atom. The summed E-state index contributed by atoms with van der Waals surface area (Å²) in [4.78, 5) is 12.7. The summed E-state index contributed by atoms with van der Waals surface area (Å²) in [5, 5.41) is 3.58. The van der Waals surface area contributed by atoms with Crippen molar-refractivity contribution in [2.75, 3.05) is 6.54 Å². The number of halogens is 1. The Kier molecular flexibility index (Phi) is 4.47. The van der Waals surface area contributed by atoms with Crippen LogP contribution in [0.4, 0.5) is 4.39 Å². The van der Waals surface area contributed by atoms with Gasteiger partial charge in [0.25, 0.3) is 0 Å². The highest BCUT2D eigenvalue weighted by Crippen LogP contribution is 2.40. The number of benzene rings is 1. The van der Waals surface area contributed by atoms with Crippen molar-refractivity contribution in [2.24, 2.45) is 5.73 Å². The Hall–Kier alpha value is -1.07. The highest BCUT2D eigenvalue weighted by Gasteiger charge is 2.43. The standard InChI is InChI=1S/C14H19FN2OS/c1-2-17-14(13(16)18)8-7-12(9-14)19-11-5-3-10(15)4-6-11/h3-6,12,17H,2,7-9H2,1H3,(H2,16,18). The van der Waals surface area contributed by atoms with Crippen LogP contribution in [0.5, 0.6) is 0 Å². The third kappa shape index (κ3) is 3.28. The molecule has 0 aliphatic heterocycles. The number of hydrogen-bond donors (Lipinski definition) is 2. The van der Waals surface area contributed by atoms with Crippen molar-refractivity contribution in [3.8, 4) is 0 Å². The maximum absolute atomic E-state index is 12.8. The van der Waals surface area contributed by atoms with E-state index in [1.54, 1.807) is 23.9 Å². The summed E-state index contributed by atoms with van der Waals surface area (Å²) in [6.07, 6.45) is 2.45. The number of likely N-dealkylation sites (N-methyl/N-ethyl adjacent to an activating group) is 1. The van der Waals surface area contributed by atoms with Gasteiger partial charge in [0.05, 0.1) is 5.54 Å². The Morgan fingerprint density at radius 1 is 1.53 bits per heavy atom. The molecule has 3 N–H and O–H groups in total. The van der Waals surface area contributed by atoms with Gasteiger partial charge in [0.1, 0.15) is 5.82 Å². The molecule has 1 amide bonds. The fraction of sp³-hybridized carbons (Fsp3) is 0.500. The van der Waals surface area contributed by atoms with Crippen LogP contribution < -0.4 is 11.1 Å². The number of hydrogen-bond acceptors (Lipinski definition) is 3. The van der Waals surface area contributed by atoms with Crippen LogP contribution in [0.3, 0.4) is 0 Å². The number of rotatable bonds is 5. The average molecular weight is 282 g/mol. The molecule has 1 aliphatic carbocycles. The van der Waals surface area contributed by atoms with Gasteiger partial charge in [-0.2, -0.15) is 0 Å². The number of amides is 1. The topological polar surface area (TPSA) is 55.1 Å². The summed E-state index contributed by atoms with van der Waals surface area (Å²) in [6, 6.07) is 6.47. The van der Waals surface area contributed by atoms with Gasteiger partial charge in [-0.25, -0.2) is 4.39 Å². The van der Waals surface area contributed by atoms with Gasteiger partial charge in [-0.05, 0) is 50.1 Å². The van der Waals surface area contributed by atoms with Gasteiger partial charge >= 0.3 is 0 Å². The number of carbonyl (C=O) groups is 1. The lowest BCUT2D eigenvalue weighted by molar-refractivity contribution is -0.124. The van der Waals surface area contributed by atoms with Gasteiger partial charge in [0.15, 0.2) is 0 Å². The largest absolute Gasteiger partial charge is 0.368 e. The molecule has 3 nitrogen and oxygen atoms in total. The van der Waals surface area contributed by atoms with E-state index in [0.717, 1.165) is 30.7 Å². The van der Waals surface area contributed by atoms with Crippen LogP contribution in [0.1, 0.15) is 26.2 Å². The first-order valence-electron chi connectivity index (χ1n) is 6.53. The summed E-state index contributed by atoms with van der Waals surface area (Å²) < 4.78 is 12.8. The lowest BCUT2D eigenvalue weighted by Gasteiger charge is -2.26. The fourth-order valence-corrected chi connectivity index (χ4v) is 3.90. The molecule has 1 fully saturated rings. The maximum Gasteiger partial charge on any atom is 0.237 e. The van der Waals surface area contributed by atoms with E-state index in [1.807, 2.05) is 6.92 Å². The average Bonchev–Trinajstić information content (AvgIpc) is 2.77. The Morgan fingerprint density at radius 3 is 2.79 bits per heavy atom. The van der Waals surface area contributed by atoms with Crippen molar-refractivity contribution in [2.45, 2.75) is 41.9 Å². The van der Waals surface area contributed by atoms with Gasteiger partial charge in [-0.1, -0.05) is 6.92 Å². The predicted molar refractivity (Wildman–Crippen MR) is 75.5 cm³/mol. The third-order valence-electron chi connectivity index (χ3n) is 3.57. The second-order valence-corrected chi connectivity index (χ2v) is 6.29. The molecule has 2 atom stereocenters. The van der Waals surface area contributed by atoms with E-state index in [0.29, 0.717) is 5.25 Å². The van der Waals surface area contributed by atoms with E-state index in [2.05, 4.69) is 5.32 Å². The van der Waals surface area contributed by atoms with Crippen LogP contribution in [0, 0.1) is 5.82 Å². The molecule has 5 heteroatoms. The number of nitrogens with one attached hydrogen (secondary N) is 1. The Labute approximate surface area is 117 Å². The second kappa shape index (κ2) is 5.92. The van der Waals surface area contributed by atoms with E-state index in [-0.39, 0.29) is 11.7 Å². The molecule has 2 rings (SSSR count). The number of carbonyl (C=O) groups excluding carboxylic acids is 1. The molecule has 1 saturated carbocycles. The van der Waals surface area contributed by atoms with E-state index in [4.69, 9.17) is 5.73 Å². The zero-order chi connectivity index (χ0) is 13.9. The molecular weight excluding hydrogens is 263 g/mol. The number of thioether (sulfide) groups is 1. The van der Waals surface area contributed by atoms with Crippen molar-refractivity contribution in [3.63, 3.8) is 0 Å². The Balaban J connectivity index is 2.01. The molecular formula is C14H19FN2OS. The molecule has 0 aromatic heterocycles. The highest BCUT2D eigenvalue weighted by molar-refractivity contribution is 8.00. The molecule has 19 heavy (non-hydrogen) atoms. The highest BCUT2D eigenvalue weighted by atomic mass is 32.2. The summed E-state index contributed by atoms with van der Waals surface area (Å²) in [7, 11) is 0. The van der Waals surface area contributed by atoms with Crippen LogP contribution in [0.2, 0.25) is 0 Å². The van der Waals surface area contributed by atoms with E-state index in [1.165, 1.54) is 12.1 Å². The zero-order valence-corrected chi connectivity index (χ0v) is 11.8. The molecule has 1 aromatic carbocycles. The molecule has 2 unspecified atom stereocenters. The van der Waals surface area contributed by atoms with Gasteiger partial charge in [0.2, 0.25) is 5.91 Å². The molecule has 0 heterocycles. The molecule has 0 saturated heterocycles. The van der Waals surface area contributed by atoms with Crippen molar-refractivity contribution in [1.82, 2.24) is 5.32 Å². The lowest BCUT2D eigenvalue weighted by Crippen LogP contribution is -2.53. The van der Waals surface area contributed by atoms with Crippen molar-refractivity contribution in [1.29, 1.82) is 0 Å². The molecule has 104 valence electrons. The summed E-state index contributed by atoms with van der Waals surface area (Å²) in [6.45, 7) is 2.71. The summed E-state index contributed by atoms with van der Waals surface area (Å²) in [5.74, 6) is -0.494. The molecule has 0 bridgehead atoms. The first-order valence-corrected chi connectivity index (χ1v) is 7.41. The van der Waals surface area contributed by atoms with Crippen LogP contribution in [0.25, 0.3) is 0 Å². The van der Waals surface area contributed by atoms with Gasteiger partial charge in [0, 0.05) is 10.1 Å². The van der Waals surface area contributed by atoms with Crippen molar-refractivity contribution in [3.05, 3.63) is 30.1 Å². The minimum Gasteiger partial charge on any atom is -0.368 e.